The van der Waals surface area contributed by atoms with Crippen molar-refractivity contribution in [2.45, 2.75) is 59.2 Å². The van der Waals surface area contributed by atoms with Crippen molar-refractivity contribution >= 4 is 5.69 Å². The highest BCUT2D eigenvalue weighted by Gasteiger charge is 2.22. The van der Waals surface area contributed by atoms with Gasteiger partial charge in [-0.1, -0.05) is 19.9 Å². The molecular weight excluding hydrogens is 260 g/mol. The number of aliphatic hydroxyl groups excluding tert-OH is 1. The first-order valence-electron chi connectivity index (χ1n) is 8.23. The second-order valence-corrected chi connectivity index (χ2v) is 6.71. The maximum Gasteiger partial charge on any atom is 0.0541 e. The Morgan fingerprint density at radius 2 is 1.90 bits per heavy atom. The van der Waals surface area contributed by atoms with Crippen molar-refractivity contribution in [1.29, 1.82) is 0 Å². The van der Waals surface area contributed by atoms with Crippen molar-refractivity contribution < 1.29 is 5.11 Å². The summed E-state index contributed by atoms with van der Waals surface area (Å²) in [5.41, 5.74) is 4.06. The molecule has 3 nitrogen and oxygen atoms in total. The van der Waals surface area contributed by atoms with Crippen LogP contribution in [0.5, 0.6) is 0 Å². The molecule has 0 amide bonds. The smallest absolute Gasteiger partial charge is 0.0541 e. The van der Waals surface area contributed by atoms with Crippen LogP contribution in [-0.4, -0.2) is 30.3 Å². The highest BCUT2D eigenvalue weighted by Crippen LogP contribution is 2.26. The van der Waals surface area contributed by atoms with Crippen molar-refractivity contribution in [2.24, 2.45) is 5.92 Å². The lowest BCUT2D eigenvalue weighted by atomic mass is 9.92. The SMILES string of the molecule is Cc1cc(N2CCC(C(C)O)CC2)ccc1CNC(C)C. The van der Waals surface area contributed by atoms with Crippen molar-refractivity contribution in [3.8, 4) is 0 Å². The molecule has 1 aromatic rings. The molecule has 2 N–H and O–H groups in total. The largest absolute Gasteiger partial charge is 0.393 e. The molecule has 1 heterocycles. The third-order valence-electron chi connectivity index (χ3n) is 4.61. The Morgan fingerprint density at radius 3 is 2.43 bits per heavy atom. The maximum atomic E-state index is 9.69. The van der Waals surface area contributed by atoms with Gasteiger partial charge in [-0.15, -0.1) is 0 Å². The number of anilines is 1. The average Bonchev–Trinajstić information content (AvgIpc) is 2.46. The van der Waals surface area contributed by atoms with Gasteiger partial charge in [-0.3, -0.25) is 0 Å². The minimum atomic E-state index is -0.168. The first-order valence-corrected chi connectivity index (χ1v) is 8.23. The lowest BCUT2D eigenvalue weighted by Gasteiger charge is -2.35. The molecule has 1 aromatic carbocycles. The zero-order valence-corrected chi connectivity index (χ0v) is 13.9. The van der Waals surface area contributed by atoms with Crippen LogP contribution in [0.25, 0.3) is 0 Å². The van der Waals surface area contributed by atoms with Crippen LogP contribution < -0.4 is 10.2 Å². The lowest BCUT2D eigenvalue weighted by molar-refractivity contribution is 0.110. The Balaban J connectivity index is 1.97. The summed E-state index contributed by atoms with van der Waals surface area (Å²) >= 11 is 0. The summed E-state index contributed by atoms with van der Waals surface area (Å²) in [5.74, 6) is 0.469. The van der Waals surface area contributed by atoms with E-state index < -0.39 is 0 Å². The van der Waals surface area contributed by atoms with Crippen LogP contribution in [0.15, 0.2) is 18.2 Å². The molecule has 2 rings (SSSR count). The molecule has 0 spiro atoms. The van der Waals surface area contributed by atoms with Gasteiger partial charge in [0.15, 0.2) is 0 Å². The van der Waals surface area contributed by atoms with Crippen LogP contribution in [0, 0.1) is 12.8 Å². The molecule has 0 radical (unpaired) electrons. The number of aliphatic hydroxyl groups is 1. The van der Waals surface area contributed by atoms with E-state index in [1.165, 1.54) is 16.8 Å². The molecule has 1 fully saturated rings. The Morgan fingerprint density at radius 1 is 1.24 bits per heavy atom. The fraction of sp³-hybridized carbons (Fsp3) is 0.667. The summed E-state index contributed by atoms with van der Waals surface area (Å²) < 4.78 is 0. The van der Waals surface area contributed by atoms with Gasteiger partial charge in [0.1, 0.15) is 0 Å². The molecule has 0 bridgehead atoms. The minimum absolute atomic E-state index is 0.168. The number of hydrogen-bond donors (Lipinski definition) is 2. The van der Waals surface area contributed by atoms with Crippen LogP contribution in [0.1, 0.15) is 44.7 Å². The number of benzene rings is 1. The first kappa shape index (κ1) is 16.3. The number of rotatable bonds is 5. The Bertz CT molecular complexity index is 449. The van der Waals surface area contributed by atoms with Crippen LogP contribution >= 0.6 is 0 Å². The van der Waals surface area contributed by atoms with Gasteiger partial charge in [0, 0.05) is 31.4 Å². The minimum Gasteiger partial charge on any atom is -0.393 e. The van der Waals surface area contributed by atoms with E-state index in [0.29, 0.717) is 12.0 Å². The first-order chi connectivity index (χ1) is 9.97. The van der Waals surface area contributed by atoms with Gasteiger partial charge in [0.05, 0.1) is 6.10 Å². The molecule has 118 valence electrons. The van der Waals surface area contributed by atoms with E-state index in [2.05, 4.69) is 49.2 Å². The van der Waals surface area contributed by atoms with Gasteiger partial charge in [0.2, 0.25) is 0 Å². The second kappa shape index (κ2) is 7.28. The number of nitrogens with zero attached hydrogens (tertiary/aromatic N) is 1. The Labute approximate surface area is 129 Å². The molecule has 1 aliphatic rings. The van der Waals surface area contributed by atoms with Gasteiger partial charge in [-0.2, -0.15) is 0 Å². The lowest BCUT2D eigenvalue weighted by Crippen LogP contribution is -2.37. The fourth-order valence-electron chi connectivity index (χ4n) is 3.03. The van der Waals surface area contributed by atoms with Crippen LogP contribution in [0.4, 0.5) is 5.69 Å². The average molecular weight is 290 g/mol. The third-order valence-corrected chi connectivity index (χ3v) is 4.61. The molecular formula is C18H30N2O. The molecule has 1 unspecified atom stereocenters. The molecule has 21 heavy (non-hydrogen) atoms. The number of piperidine rings is 1. The summed E-state index contributed by atoms with van der Waals surface area (Å²) in [4.78, 5) is 2.45. The zero-order chi connectivity index (χ0) is 15.4. The molecule has 0 aliphatic carbocycles. The van der Waals surface area contributed by atoms with Gasteiger partial charge in [-0.05, 0) is 55.9 Å². The quantitative estimate of drug-likeness (QED) is 0.875. The molecule has 0 saturated carbocycles. The second-order valence-electron chi connectivity index (χ2n) is 6.71. The molecule has 1 saturated heterocycles. The maximum absolute atomic E-state index is 9.69. The van der Waals surface area contributed by atoms with Crippen molar-refractivity contribution in [3.05, 3.63) is 29.3 Å². The number of aryl methyl sites for hydroxylation is 1. The fourth-order valence-corrected chi connectivity index (χ4v) is 3.03. The van der Waals surface area contributed by atoms with Crippen LogP contribution in [0.3, 0.4) is 0 Å². The van der Waals surface area contributed by atoms with Gasteiger partial charge in [-0.25, -0.2) is 0 Å². The van der Waals surface area contributed by atoms with Gasteiger partial charge >= 0.3 is 0 Å². The van der Waals surface area contributed by atoms with Gasteiger partial charge in [0.25, 0.3) is 0 Å². The Hall–Kier alpha value is -1.06. The summed E-state index contributed by atoms with van der Waals surface area (Å²) in [5, 5.41) is 13.2. The summed E-state index contributed by atoms with van der Waals surface area (Å²) in [6.07, 6.45) is 2.01. The summed E-state index contributed by atoms with van der Waals surface area (Å²) in [6, 6.07) is 7.32. The molecule has 3 heteroatoms. The number of hydrogen-bond acceptors (Lipinski definition) is 3. The van der Waals surface area contributed by atoms with E-state index in [9.17, 15) is 5.11 Å². The molecule has 0 aromatic heterocycles. The van der Waals surface area contributed by atoms with Gasteiger partial charge < -0.3 is 15.3 Å². The van der Waals surface area contributed by atoms with E-state index in [1.807, 2.05) is 6.92 Å². The molecule has 1 aliphatic heterocycles. The normalized spacial score (nSPS) is 18.3. The monoisotopic (exact) mass is 290 g/mol. The van der Waals surface area contributed by atoms with E-state index in [4.69, 9.17) is 0 Å². The van der Waals surface area contributed by atoms with E-state index >= 15 is 0 Å². The molecule has 1 atom stereocenters. The predicted octanol–water partition coefficient (Wildman–Crippen LogP) is 3.09. The summed E-state index contributed by atoms with van der Waals surface area (Å²) in [7, 11) is 0. The third kappa shape index (κ3) is 4.45. The predicted molar refractivity (Wildman–Crippen MR) is 89.8 cm³/mol. The zero-order valence-electron chi connectivity index (χ0n) is 13.9. The van der Waals surface area contributed by atoms with Crippen molar-refractivity contribution in [3.63, 3.8) is 0 Å². The standard InChI is InChI=1S/C18H30N2O/c1-13(2)19-12-17-5-6-18(11-14(17)3)20-9-7-16(8-10-20)15(4)21/h5-6,11,13,15-16,19,21H,7-10,12H2,1-4H3. The number of nitrogens with one attached hydrogen (secondary N) is 1. The topological polar surface area (TPSA) is 35.5 Å². The summed E-state index contributed by atoms with van der Waals surface area (Å²) in [6.45, 7) is 11.5. The highest BCUT2D eigenvalue weighted by atomic mass is 16.3. The van der Waals surface area contributed by atoms with E-state index in [-0.39, 0.29) is 6.10 Å². The van der Waals surface area contributed by atoms with Crippen LogP contribution in [-0.2, 0) is 6.54 Å². The van der Waals surface area contributed by atoms with Crippen molar-refractivity contribution in [2.75, 3.05) is 18.0 Å². The highest BCUT2D eigenvalue weighted by molar-refractivity contribution is 5.51. The van der Waals surface area contributed by atoms with E-state index in [0.717, 1.165) is 32.5 Å². The Kier molecular flexibility index (Phi) is 5.65. The van der Waals surface area contributed by atoms with E-state index in [1.54, 1.807) is 0 Å². The van der Waals surface area contributed by atoms with Crippen molar-refractivity contribution in [1.82, 2.24) is 5.32 Å². The van der Waals surface area contributed by atoms with Crippen LogP contribution in [0.2, 0.25) is 0 Å².